The van der Waals surface area contributed by atoms with Gasteiger partial charge in [0.1, 0.15) is 22.7 Å². The number of carbonyl (C=O) groups is 1. The summed E-state index contributed by atoms with van der Waals surface area (Å²) in [7, 11) is 1.55. The molecule has 0 aliphatic rings. The normalized spacial score (nSPS) is 11.1. The third-order valence-corrected chi connectivity index (χ3v) is 5.95. The van der Waals surface area contributed by atoms with Crippen LogP contribution in [0.4, 0.5) is 0 Å². The van der Waals surface area contributed by atoms with Crippen LogP contribution >= 0.6 is 11.3 Å². The Bertz CT molecular complexity index is 1410. The molecule has 0 fully saturated rings. The molecule has 0 saturated heterocycles. The van der Waals surface area contributed by atoms with E-state index in [1.54, 1.807) is 45.2 Å². The summed E-state index contributed by atoms with van der Waals surface area (Å²) in [5.41, 5.74) is 0.542. The van der Waals surface area contributed by atoms with Crippen molar-refractivity contribution in [1.82, 2.24) is 15.0 Å². The van der Waals surface area contributed by atoms with Crippen molar-refractivity contribution >= 4 is 28.3 Å². The van der Waals surface area contributed by atoms with Crippen LogP contribution in [0, 0.1) is 6.92 Å². The van der Waals surface area contributed by atoms with Gasteiger partial charge in [-0.1, -0.05) is 0 Å². The Kier molecular flexibility index (Phi) is 5.15. The number of thiophene rings is 1. The molecule has 0 spiro atoms. The number of hydrogen-bond donors (Lipinski definition) is 4. The summed E-state index contributed by atoms with van der Waals surface area (Å²) in [4.78, 5) is 45.6. The second kappa shape index (κ2) is 7.80. The van der Waals surface area contributed by atoms with Crippen LogP contribution in [-0.4, -0.2) is 39.7 Å². The molecule has 0 unspecified atom stereocenters. The monoisotopic (exact) mass is 441 g/mol. The number of aromatic amines is 3. The molecule has 9 nitrogen and oxygen atoms in total. The van der Waals surface area contributed by atoms with E-state index in [4.69, 9.17) is 9.47 Å². The third kappa shape index (κ3) is 3.40. The number of aromatic hydroxyl groups is 1. The molecule has 4 rings (SSSR count). The van der Waals surface area contributed by atoms with Crippen molar-refractivity contribution in [3.63, 3.8) is 0 Å². The van der Waals surface area contributed by atoms with Crippen LogP contribution in [0.5, 0.6) is 11.5 Å². The first-order valence-corrected chi connectivity index (χ1v) is 10.2. The standard InChI is InChI=1S/C21H19N3O6S/c1-4-30-20(27)12-9(2)31-17(16(12)25)13-14-18(23-21(28)24-19(14)26)22-15(13)10-5-7-11(29-3)8-6-10/h5-8,25H,4H2,1-3H3,(H3,22,23,24,26,28). The summed E-state index contributed by atoms with van der Waals surface area (Å²) < 4.78 is 10.3. The van der Waals surface area contributed by atoms with Gasteiger partial charge in [0.2, 0.25) is 0 Å². The molecule has 31 heavy (non-hydrogen) atoms. The molecule has 0 saturated carbocycles. The summed E-state index contributed by atoms with van der Waals surface area (Å²) >= 11 is 1.16. The lowest BCUT2D eigenvalue weighted by Crippen LogP contribution is -2.21. The molecule has 0 bridgehead atoms. The van der Waals surface area contributed by atoms with Gasteiger partial charge in [0.25, 0.3) is 5.56 Å². The second-order valence-corrected chi connectivity index (χ2v) is 7.92. The van der Waals surface area contributed by atoms with Crippen molar-refractivity contribution in [2.75, 3.05) is 13.7 Å². The summed E-state index contributed by atoms with van der Waals surface area (Å²) in [6.45, 7) is 3.52. The number of hydrogen-bond acceptors (Lipinski definition) is 7. The number of carbonyl (C=O) groups excluding carboxylic acids is 1. The molecular weight excluding hydrogens is 422 g/mol. The number of rotatable bonds is 5. The Morgan fingerprint density at radius 2 is 1.84 bits per heavy atom. The lowest BCUT2D eigenvalue weighted by molar-refractivity contribution is 0.0523. The summed E-state index contributed by atoms with van der Waals surface area (Å²) in [6.07, 6.45) is 0. The minimum atomic E-state index is -0.662. The number of nitrogens with one attached hydrogen (secondary N) is 3. The number of aryl methyl sites for hydroxylation is 1. The summed E-state index contributed by atoms with van der Waals surface area (Å²) in [5, 5.41) is 11.1. The smallest absolute Gasteiger partial charge is 0.343 e. The number of aromatic nitrogens is 3. The molecule has 3 aromatic heterocycles. The van der Waals surface area contributed by atoms with Crippen LogP contribution in [0.2, 0.25) is 0 Å². The van der Waals surface area contributed by atoms with Gasteiger partial charge in [-0.3, -0.25) is 14.8 Å². The molecule has 3 heterocycles. The highest BCUT2D eigenvalue weighted by atomic mass is 32.1. The zero-order valence-corrected chi connectivity index (χ0v) is 17.7. The van der Waals surface area contributed by atoms with Gasteiger partial charge in [-0.05, 0) is 43.7 Å². The average molecular weight is 441 g/mol. The summed E-state index contributed by atoms with van der Waals surface area (Å²) in [5.74, 6) is -0.276. The fourth-order valence-corrected chi connectivity index (χ4v) is 4.57. The number of ether oxygens (including phenoxy) is 2. The first-order chi connectivity index (χ1) is 14.8. The molecule has 1 aromatic carbocycles. The molecule has 0 atom stereocenters. The van der Waals surface area contributed by atoms with E-state index >= 15 is 0 Å². The number of esters is 1. The van der Waals surface area contributed by atoms with Gasteiger partial charge >= 0.3 is 11.7 Å². The van der Waals surface area contributed by atoms with E-state index in [0.717, 1.165) is 11.3 Å². The van der Waals surface area contributed by atoms with E-state index in [-0.39, 0.29) is 29.0 Å². The van der Waals surface area contributed by atoms with Crippen molar-refractivity contribution in [3.05, 3.63) is 55.5 Å². The summed E-state index contributed by atoms with van der Waals surface area (Å²) in [6, 6.07) is 7.06. The van der Waals surface area contributed by atoms with Crippen molar-refractivity contribution in [3.8, 4) is 33.2 Å². The molecule has 4 aromatic rings. The number of fused-ring (bicyclic) bond motifs is 1. The van der Waals surface area contributed by atoms with E-state index in [9.17, 15) is 19.5 Å². The predicted molar refractivity (Wildman–Crippen MR) is 117 cm³/mol. The fourth-order valence-electron chi connectivity index (χ4n) is 3.48. The Labute approximate surface area is 179 Å². The van der Waals surface area contributed by atoms with E-state index in [1.165, 1.54) is 0 Å². The average Bonchev–Trinajstić information content (AvgIpc) is 3.25. The van der Waals surface area contributed by atoms with Crippen LogP contribution in [0.3, 0.4) is 0 Å². The number of H-pyrrole nitrogens is 3. The first-order valence-electron chi connectivity index (χ1n) is 9.38. The largest absolute Gasteiger partial charge is 0.505 e. The second-order valence-electron chi connectivity index (χ2n) is 6.69. The van der Waals surface area contributed by atoms with Crippen molar-refractivity contribution in [2.45, 2.75) is 13.8 Å². The van der Waals surface area contributed by atoms with E-state index in [2.05, 4.69) is 15.0 Å². The van der Waals surface area contributed by atoms with Gasteiger partial charge in [0.15, 0.2) is 0 Å². The van der Waals surface area contributed by atoms with Crippen LogP contribution in [0.15, 0.2) is 33.9 Å². The third-order valence-electron chi connectivity index (χ3n) is 4.84. The molecule has 0 aliphatic carbocycles. The van der Waals surface area contributed by atoms with Crippen molar-refractivity contribution < 1.29 is 19.4 Å². The molecule has 0 aliphatic heterocycles. The highest BCUT2D eigenvalue weighted by Gasteiger charge is 2.28. The lowest BCUT2D eigenvalue weighted by Gasteiger charge is -2.06. The maximum atomic E-state index is 12.7. The van der Waals surface area contributed by atoms with Gasteiger partial charge < -0.3 is 19.6 Å². The molecule has 160 valence electrons. The van der Waals surface area contributed by atoms with Crippen molar-refractivity contribution in [1.29, 1.82) is 0 Å². The fraction of sp³-hybridized carbons (Fsp3) is 0.190. The maximum absolute atomic E-state index is 12.7. The van der Waals surface area contributed by atoms with Crippen LogP contribution in [-0.2, 0) is 4.74 Å². The minimum absolute atomic E-state index is 0.0535. The first kappa shape index (κ1) is 20.5. The molecule has 0 amide bonds. The number of methoxy groups -OCH3 is 1. The molecular formula is C21H19N3O6S. The van der Waals surface area contributed by atoms with Gasteiger partial charge in [0, 0.05) is 10.4 Å². The van der Waals surface area contributed by atoms with E-state index in [0.29, 0.717) is 32.3 Å². The highest BCUT2D eigenvalue weighted by Crippen LogP contribution is 2.47. The Morgan fingerprint density at radius 3 is 2.48 bits per heavy atom. The van der Waals surface area contributed by atoms with E-state index in [1.807, 2.05) is 0 Å². The predicted octanol–water partition coefficient (Wildman–Crippen LogP) is 3.14. The molecule has 4 N–H and O–H groups in total. The van der Waals surface area contributed by atoms with Gasteiger partial charge in [-0.25, -0.2) is 9.59 Å². The SMILES string of the molecule is CCOC(=O)c1c(C)sc(-c2c(-c3ccc(OC)cc3)[nH]c3[nH]c(=O)[nH]c(=O)c23)c1O. The van der Waals surface area contributed by atoms with Gasteiger partial charge in [-0.15, -0.1) is 11.3 Å². The number of benzene rings is 1. The molecule has 10 heteroatoms. The zero-order valence-electron chi connectivity index (χ0n) is 16.9. The van der Waals surface area contributed by atoms with Crippen LogP contribution in [0.25, 0.3) is 32.7 Å². The van der Waals surface area contributed by atoms with Gasteiger partial charge in [0.05, 0.1) is 29.7 Å². The maximum Gasteiger partial charge on any atom is 0.343 e. The van der Waals surface area contributed by atoms with Gasteiger partial charge in [-0.2, -0.15) is 0 Å². The Hall–Kier alpha value is -3.79. The van der Waals surface area contributed by atoms with Crippen molar-refractivity contribution in [2.24, 2.45) is 0 Å². The Balaban J connectivity index is 2.05. The zero-order chi connectivity index (χ0) is 22.3. The van der Waals surface area contributed by atoms with Crippen LogP contribution < -0.4 is 16.0 Å². The lowest BCUT2D eigenvalue weighted by atomic mass is 10.0. The highest BCUT2D eigenvalue weighted by molar-refractivity contribution is 7.16. The topological polar surface area (TPSA) is 137 Å². The van der Waals surface area contributed by atoms with E-state index < -0.39 is 17.2 Å². The van der Waals surface area contributed by atoms with Crippen LogP contribution in [0.1, 0.15) is 22.2 Å². The Morgan fingerprint density at radius 1 is 1.13 bits per heavy atom. The molecule has 0 radical (unpaired) electrons. The minimum Gasteiger partial charge on any atom is -0.505 e. The quantitative estimate of drug-likeness (QED) is 0.351.